The smallest absolute Gasteiger partial charge is 0.328 e. The minimum atomic E-state index is -0.919. The molecule has 0 saturated carbocycles. The van der Waals surface area contributed by atoms with Crippen LogP contribution in [0.3, 0.4) is 0 Å². The molecule has 0 aliphatic rings. The van der Waals surface area contributed by atoms with E-state index < -0.39 is 11.6 Å². The highest BCUT2D eigenvalue weighted by molar-refractivity contribution is 5.80. The molecule has 88 valence electrons. The molecule has 15 heavy (non-hydrogen) atoms. The largest absolute Gasteiger partial charge is 0.478 e. The van der Waals surface area contributed by atoms with Crippen LogP contribution in [-0.4, -0.2) is 23.3 Å². The van der Waals surface area contributed by atoms with Crippen molar-refractivity contribution in [1.29, 1.82) is 0 Å². The Morgan fingerprint density at radius 2 is 2.00 bits per heavy atom. The van der Waals surface area contributed by atoms with Crippen LogP contribution in [-0.2, 0) is 9.53 Å². The summed E-state index contributed by atoms with van der Waals surface area (Å²) >= 11 is 0. The highest BCUT2D eigenvalue weighted by Gasteiger charge is 2.21. The maximum atomic E-state index is 10.5. The first-order valence-electron chi connectivity index (χ1n) is 5.45. The van der Waals surface area contributed by atoms with Crippen molar-refractivity contribution in [2.75, 3.05) is 6.61 Å². The van der Waals surface area contributed by atoms with E-state index in [4.69, 9.17) is 9.84 Å². The van der Waals surface area contributed by atoms with Crippen LogP contribution in [0, 0.1) is 0 Å². The minimum absolute atomic E-state index is 0.480. The maximum Gasteiger partial charge on any atom is 0.328 e. The molecule has 1 N–H and O–H groups in total. The number of aliphatic carboxylic acids is 1. The molecule has 0 unspecified atom stereocenters. The van der Waals surface area contributed by atoms with Crippen molar-refractivity contribution in [2.45, 2.75) is 52.6 Å². The summed E-state index contributed by atoms with van der Waals surface area (Å²) < 4.78 is 5.66. The zero-order valence-corrected chi connectivity index (χ0v) is 10.2. The Bertz CT molecular complexity index is 229. The Labute approximate surface area is 92.1 Å². The lowest BCUT2D eigenvalue weighted by Gasteiger charge is -2.26. The Hall–Kier alpha value is -0.830. The molecule has 0 heterocycles. The van der Waals surface area contributed by atoms with Gasteiger partial charge in [0.1, 0.15) is 0 Å². The number of carbonyl (C=O) groups is 1. The molecule has 0 aromatic heterocycles. The molecule has 0 fully saturated rings. The number of carboxylic acid groups (broad SMARTS) is 1. The first-order chi connectivity index (χ1) is 6.90. The van der Waals surface area contributed by atoms with Crippen LogP contribution in [0.4, 0.5) is 0 Å². The fraction of sp³-hybridized carbons (Fsp3) is 0.750. The lowest BCUT2D eigenvalue weighted by Crippen LogP contribution is -2.27. The minimum Gasteiger partial charge on any atom is -0.478 e. The van der Waals surface area contributed by atoms with Crippen LogP contribution in [0.1, 0.15) is 47.0 Å². The molecular formula is C12H22O3. The summed E-state index contributed by atoms with van der Waals surface area (Å²) in [6.45, 7) is 8.40. The second-order valence-corrected chi connectivity index (χ2v) is 4.23. The van der Waals surface area contributed by atoms with Gasteiger partial charge in [-0.2, -0.15) is 0 Å². The first kappa shape index (κ1) is 14.2. The number of carboxylic acids is 1. The fourth-order valence-corrected chi connectivity index (χ4v) is 1.15. The molecule has 3 nitrogen and oxygen atoms in total. The van der Waals surface area contributed by atoms with Crippen molar-refractivity contribution in [3.8, 4) is 0 Å². The highest BCUT2D eigenvalue weighted by atomic mass is 16.5. The van der Waals surface area contributed by atoms with E-state index in [9.17, 15) is 4.79 Å². The predicted octanol–water partition coefficient (Wildman–Crippen LogP) is 3.00. The van der Waals surface area contributed by atoms with Gasteiger partial charge in [0, 0.05) is 12.7 Å². The van der Waals surface area contributed by atoms with Gasteiger partial charge in [-0.1, -0.05) is 19.8 Å². The molecule has 0 amide bonds. The van der Waals surface area contributed by atoms with E-state index in [0.717, 1.165) is 24.8 Å². The predicted molar refractivity (Wildman–Crippen MR) is 60.9 cm³/mol. The fourth-order valence-electron chi connectivity index (χ4n) is 1.15. The Balaban J connectivity index is 4.10. The SMILES string of the molecule is CCCCCOC(C)(C)/C(C)=C/C(=O)O. The van der Waals surface area contributed by atoms with Gasteiger partial charge in [0.25, 0.3) is 0 Å². The number of ether oxygens (including phenoxy) is 1. The van der Waals surface area contributed by atoms with E-state index in [1.807, 2.05) is 13.8 Å². The molecule has 0 atom stereocenters. The first-order valence-corrected chi connectivity index (χ1v) is 5.45. The molecule has 0 aromatic rings. The lowest BCUT2D eigenvalue weighted by atomic mass is 9.99. The quantitative estimate of drug-likeness (QED) is 0.523. The number of hydrogen-bond donors (Lipinski definition) is 1. The van der Waals surface area contributed by atoms with E-state index in [-0.39, 0.29) is 0 Å². The van der Waals surface area contributed by atoms with Crippen LogP contribution in [0.15, 0.2) is 11.6 Å². The molecule has 0 rings (SSSR count). The lowest BCUT2D eigenvalue weighted by molar-refractivity contribution is -0.131. The zero-order valence-electron chi connectivity index (χ0n) is 10.2. The van der Waals surface area contributed by atoms with E-state index >= 15 is 0 Å². The van der Waals surface area contributed by atoms with Crippen molar-refractivity contribution < 1.29 is 14.6 Å². The molecule has 3 heteroatoms. The van der Waals surface area contributed by atoms with E-state index in [1.54, 1.807) is 6.92 Å². The topological polar surface area (TPSA) is 46.5 Å². The van der Waals surface area contributed by atoms with Crippen molar-refractivity contribution in [1.82, 2.24) is 0 Å². The molecule has 0 bridgehead atoms. The van der Waals surface area contributed by atoms with Crippen LogP contribution in [0.5, 0.6) is 0 Å². The van der Waals surface area contributed by atoms with Crippen LogP contribution in [0.2, 0.25) is 0 Å². The van der Waals surface area contributed by atoms with Crippen LogP contribution >= 0.6 is 0 Å². The van der Waals surface area contributed by atoms with Gasteiger partial charge in [0.15, 0.2) is 0 Å². The summed E-state index contributed by atoms with van der Waals surface area (Å²) in [4.78, 5) is 10.5. The van der Waals surface area contributed by atoms with Gasteiger partial charge < -0.3 is 9.84 Å². The molecule has 0 aromatic carbocycles. The van der Waals surface area contributed by atoms with Crippen LogP contribution in [0.25, 0.3) is 0 Å². The number of rotatable bonds is 7. The Morgan fingerprint density at radius 1 is 1.40 bits per heavy atom. The van der Waals surface area contributed by atoms with Gasteiger partial charge in [-0.25, -0.2) is 4.79 Å². The number of hydrogen-bond acceptors (Lipinski definition) is 2. The van der Waals surface area contributed by atoms with E-state index in [0.29, 0.717) is 6.61 Å². The van der Waals surface area contributed by atoms with Crippen molar-refractivity contribution >= 4 is 5.97 Å². The molecule has 0 aliphatic heterocycles. The highest BCUT2D eigenvalue weighted by Crippen LogP contribution is 2.20. The van der Waals surface area contributed by atoms with E-state index in [2.05, 4.69) is 6.92 Å². The monoisotopic (exact) mass is 214 g/mol. The summed E-state index contributed by atoms with van der Waals surface area (Å²) in [6, 6.07) is 0. The summed E-state index contributed by atoms with van der Waals surface area (Å²) in [7, 11) is 0. The average Bonchev–Trinajstić information content (AvgIpc) is 2.11. The molecule has 0 spiro atoms. The Kier molecular flexibility index (Phi) is 6.25. The summed E-state index contributed by atoms with van der Waals surface area (Å²) in [5.74, 6) is -0.919. The van der Waals surface area contributed by atoms with Gasteiger partial charge in [-0.15, -0.1) is 0 Å². The standard InChI is InChI=1S/C12H22O3/c1-5-6-7-8-15-12(3,4)10(2)9-11(13)14/h9H,5-8H2,1-4H3,(H,13,14)/b10-9+. The Morgan fingerprint density at radius 3 is 2.47 bits per heavy atom. The molecule has 0 saturated heterocycles. The molecule has 0 aliphatic carbocycles. The summed E-state index contributed by atoms with van der Waals surface area (Å²) in [5.41, 5.74) is 0.262. The second kappa shape index (κ2) is 6.62. The zero-order chi connectivity index (χ0) is 11.9. The van der Waals surface area contributed by atoms with Gasteiger partial charge in [-0.3, -0.25) is 0 Å². The third-order valence-corrected chi connectivity index (χ3v) is 2.50. The number of unbranched alkanes of at least 4 members (excludes halogenated alkanes) is 2. The average molecular weight is 214 g/mol. The van der Waals surface area contributed by atoms with Gasteiger partial charge in [0.2, 0.25) is 0 Å². The van der Waals surface area contributed by atoms with Crippen molar-refractivity contribution in [2.24, 2.45) is 0 Å². The van der Waals surface area contributed by atoms with Crippen LogP contribution < -0.4 is 0 Å². The molecule has 0 radical (unpaired) electrons. The molecular weight excluding hydrogens is 192 g/mol. The third-order valence-electron chi connectivity index (χ3n) is 2.50. The maximum absolute atomic E-state index is 10.5. The summed E-state index contributed by atoms with van der Waals surface area (Å²) in [5, 5.41) is 8.62. The van der Waals surface area contributed by atoms with Gasteiger partial charge >= 0.3 is 5.97 Å². The normalized spacial score (nSPS) is 12.9. The van der Waals surface area contributed by atoms with Gasteiger partial charge in [0.05, 0.1) is 5.60 Å². The van der Waals surface area contributed by atoms with E-state index in [1.165, 1.54) is 6.08 Å². The summed E-state index contributed by atoms with van der Waals surface area (Å²) in [6.07, 6.45) is 4.55. The second-order valence-electron chi connectivity index (χ2n) is 4.23. The third kappa shape index (κ3) is 6.28. The van der Waals surface area contributed by atoms with Crippen molar-refractivity contribution in [3.63, 3.8) is 0 Å². The van der Waals surface area contributed by atoms with Crippen molar-refractivity contribution in [3.05, 3.63) is 11.6 Å². The van der Waals surface area contributed by atoms with Gasteiger partial charge in [-0.05, 0) is 32.8 Å².